The van der Waals surface area contributed by atoms with E-state index in [0.29, 0.717) is 17.7 Å². The fourth-order valence-electron chi connectivity index (χ4n) is 2.26. The van der Waals surface area contributed by atoms with Gasteiger partial charge in [-0.15, -0.1) is 0 Å². The van der Waals surface area contributed by atoms with E-state index in [1.54, 1.807) is 24.3 Å². The topological polar surface area (TPSA) is 215 Å². The number of alkyl halides is 3. The highest BCUT2D eigenvalue weighted by atomic mass is 19.4. The Morgan fingerprint density at radius 2 is 1.68 bits per heavy atom. The maximum atomic E-state index is 12.0. The predicted octanol–water partition coefficient (Wildman–Crippen LogP) is -0.205. The number of nitrogen functional groups attached to an aromatic ring is 1. The summed E-state index contributed by atoms with van der Waals surface area (Å²) < 4.78 is 31.7. The Morgan fingerprint density at radius 3 is 2.10 bits per heavy atom. The van der Waals surface area contributed by atoms with E-state index in [4.69, 9.17) is 42.5 Å². The predicted molar refractivity (Wildman–Crippen MR) is 100 cm³/mol. The highest BCUT2D eigenvalue weighted by Crippen LogP contribution is 2.20. The fourth-order valence-corrected chi connectivity index (χ4v) is 2.26. The van der Waals surface area contributed by atoms with Gasteiger partial charge >= 0.3 is 18.1 Å². The van der Waals surface area contributed by atoms with Crippen molar-refractivity contribution in [2.75, 3.05) is 0 Å². The van der Waals surface area contributed by atoms with Crippen LogP contribution in [-0.2, 0) is 19.2 Å². The summed E-state index contributed by atoms with van der Waals surface area (Å²) in [5, 5.41) is 27.2. The van der Waals surface area contributed by atoms with Crippen molar-refractivity contribution < 1.29 is 42.6 Å². The summed E-state index contributed by atoms with van der Waals surface area (Å²) in [5.41, 5.74) is 18.3. The molecule has 0 aromatic heterocycles. The number of rotatable bonds is 7. The molecule has 1 aliphatic rings. The van der Waals surface area contributed by atoms with Gasteiger partial charge in [-0.3, -0.25) is 15.0 Å². The van der Waals surface area contributed by atoms with Gasteiger partial charge in [-0.1, -0.05) is 29.4 Å². The Hall–Kier alpha value is -3.52. The number of carboxylic acid groups (broad SMARTS) is 2. The van der Waals surface area contributed by atoms with E-state index in [1.807, 2.05) is 0 Å². The molecule has 0 saturated carbocycles. The molecule has 11 nitrogen and oxygen atoms in total. The first-order chi connectivity index (χ1) is 14.2. The molecule has 1 aromatic rings. The van der Waals surface area contributed by atoms with Crippen molar-refractivity contribution in [3.63, 3.8) is 0 Å². The van der Waals surface area contributed by atoms with Gasteiger partial charge in [-0.2, -0.15) is 13.2 Å². The molecule has 0 amide bonds. The number of hydrogen-bond donors (Lipinski definition) is 6. The lowest BCUT2D eigenvalue weighted by Crippen LogP contribution is -2.52. The molecule has 0 saturated heterocycles. The highest BCUT2D eigenvalue weighted by molar-refractivity contribution is 6.03. The summed E-state index contributed by atoms with van der Waals surface area (Å²) >= 11 is 0. The van der Waals surface area contributed by atoms with Gasteiger partial charge in [0.2, 0.25) is 0 Å². The van der Waals surface area contributed by atoms with E-state index in [1.165, 1.54) is 0 Å². The van der Waals surface area contributed by atoms with Gasteiger partial charge in [0.1, 0.15) is 18.0 Å². The summed E-state index contributed by atoms with van der Waals surface area (Å²) in [7, 11) is 0. The van der Waals surface area contributed by atoms with Crippen LogP contribution in [0.15, 0.2) is 29.4 Å². The monoisotopic (exact) mass is 447 g/mol. The molecule has 1 aromatic carbocycles. The number of carboxylic acids is 2. The van der Waals surface area contributed by atoms with Crippen LogP contribution in [0.2, 0.25) is 0 Å². The van der Waals surface area contributed by atoms with Crippen LogP contribution in [0.4, 0.5) is 13.2 Å². The van der Waals surface area contributed by atoms with Crippen LogP contribution in [0.25, 0.3) is 0 Å². The van der Waals surface area contributed by atoms with Crippen molar-refractivity contribution in [3.05, 3.63) is 35.4 Å². The fraction of sp³-hybridized carbons (Fsp3) is 0.353. The molecule has 2 rings (SSSR count). The first-order valence-corrected chi connectivity index (χ1v) is 8.48. The highest BCUT2D eigenvalue weighted by Gasteiger charge is 2.38. The van der Waals surface area contributed by atoms with E-state index in [2.05, 4.69) is 5.16 Å². The van der Waals surface area contributed by atoms with Crippen LogP contribution in [0.3, 0.4) is 0 Å². The molecule has 0 bridgehead atoms. The Bertz CT molecular complexity index is 872. The molecule has 14 heteroatoms. The van der Waals surface area contributed by atoms with Gasteiger partial charge in [0, 0.05) is 18.4 Å². The number of ketones is 1. The molecule has 1 aliphatic heterocycles. The zero-order valence-corrected chi connectivity index (χ0v) is 15.8. The number of hydrogen-bond acceptors (Lipinski definition) is 8. The van der Waals surface area contributed by atoms with Crippen molar-refractivity contribution in [1.82, 2.24) is 0 Å². The van der Waals surface area contributed by atoms with Crippen LogP contribution in [-0.4, -0.2) is 63.8 Å². The van der Waals surface area contributed by atoms with Crippen LogP contribution < -0.4 is 17.2 Å². The lowest BCUT2D eigenvalue weighted by Gasteiger charge is -2.16. The summed E-state index contributed by atoms with van der Waals surface area (Å²) in [6.45, 7) is 0. The van der Waals surface area contributed by atoms with Gasteiger partial charge in [-0.25, -0.2) is 4.79 Å². The average Bonchev–Trinajstić information content (AvgIpc) is 3.14. The second-order valence-corrected chi connectivity index (χ2v) is 6.32. The van der Waals surface area contributed by atoms with E-state index in [0.717, 1.165) is 5.56 Å². The number of amidine groups is 1. The zero-order valence-electron chi connectivity index (χ0n) is 15.8. The largest absolute Gasteiger partial charge is 0.490 e. The molecular weight excluding hydrogens is 427 g/mol. The van der Waals surface area contributed by atoms with Crippen LogP contribution in [0.5, 0.6) is 0 Å². The minimum atomic E-state index is -5.08. The Morgan fingerprint density at radius 1 is 1.16 bits per heavy atom. The lowest BCUT2D eigenvalue weighted by molar-refractivity contribution is -0.192. The number of carbonyl (C=O) groups excluding carboxylic acids is 1. The summed E-state index contributed by atoms with van der Waals surface area (Å²) in [6.07, 6.45) is -5.27. The molecule has 0 aliphatic carbocycles. The van der Waals surface area contributed by atoms with Crippen molar-refractivity contribution in [3.8, 4) is 0 Å². The molecule has 0 radical (unpaired) electrons. The molecule has 9 N–H and O–H groups in total. The van der Waals surface area contributed by atoms with Crippen molar-refractivity contribution in [1.29, 1.82) is 5.41 Å². The van der Waals surface area contributed by atoms with E-state index in [-0.39, 0.29) is 12.3 Å². The number of carbonyl (C=O) groups is 3. The number of nitrogens with one attached hydrogen (secondary N) is 1. The van der Waals surface area contributed by atoms with Gasteiger partial charge in [0.05, 0.1) is 11.8 Å². The third-order valence-corrected chi connectivity index (χ3v) is 3.98. The Kier molecular flexibility index (Phi) is 8.64. The number of oxime groups is 1. The van der Waals surface area contributed by atoms with Crippen LogP contribution in [0, 0.1) is 5.41 Å². The summed E-state index contributed by atoms with van der Waals surface area (Å²) in [6, 6.07) is 4.18. The number of nitrogens with zero attached hydrogens (tertiary/aromatic N) is 1. The van der Waals surface area contributed by atoms with Crippen molar-refractivity contribution in [2.45, 2.75) is 37.2 Å². The van der Waals surface area contributed by atoms with E-state index < -0.39 is 42.1 Å². The maximum absolute atomic E-state index is 12.0. The number of benzene rings is 1. The third kappa shape index (κ3) is 7.67. The molecule has 3 atom stereocenters. The number of nitrogens with two attached hydrogens (primary N) is 3. The lowest BCUT2D eigenvalue weighted by atomic mass is 9.97. The molecular formula is C17H20F3N5O6. The van der Waals surface area contributed by atoms with Gasteiger partial charge in [0.25, 0.3) is 0 Å². The molecule has 170 valence electrons. The maximum Gasteiger partial charge on any atom is 0.490 e. The first kappa shape index (κ1) is 25.5. The van der Waals surface area contributed by atoms with E-state index >= 15 is 0 Å². The van der Waals surface area contributed by atoms with Crippen LogP contribution >= 0.6 is 0 Å². The van der Waals surface area contributed by atoms with Crippen molar-refractivity contribution >= 4 is 29.3 Å². The molecule has 0 fully saturated rings. The first-order valence-electron chi connectivity index (χ1n) is 8.48. The molecule has 31 heavy (non-hydrogen) atoms. The van der Waals surface area contributed by atoms with Gasteiger partial charge in [0.15, 0.2) is 5.78 Å². The normalized spacial score (nSPS) is 17.3. The smallest absolute Gasteiger partial charge is 0.480 e. The van der Waals surface area contributed by atoms with Crippen LogP contribution in [0.1, 0.15) is 24.0 Å². The molecule has 2 unspecified atom stereocenters. The van der Waals surface area contributed by atoms with Crippen molar-refractivity contribution in [2.24, 2.45) is 22.4 Å². The quantitative estimate of drug-likeness (QED) is 0.240. The standard InChI is InChI=1S/C15H19N5O4.C2HF3O2/c16-12(13(17)15(22)23)11(21)6-9-5-10(20-24-9)7-1-3-8(4-2-7)14(18)19;3-2(4,5)1(6)7/h1-4,9,12-13H,5-6,16-17H2,(H3,18,19)(H,22,23);(H,6,7)/t9?,12?,13-;/m0./s1. The molecule has 1 heterocycles. The van der Waals surface area contributed by atoms with Gasteiger partial charge < -0.3 is 32.3 Å². The SMILES string of the molecule is N=C(N)c1ccc(C2=NOC(CC(=O)C(N)[C@H](N)C(=O)O)C2)cc1.O=C(O)C(F)(F)F. The summed E-state index contributed by atoms with van der Waals surface area (Å²) in [4.78, 5) is 36.8. The average molecular weight is 447 g/mol. The number of Topliss-reactive ketones (excluding diaryl/α,β-unsaturated/α-hetero) is 1. The second-order valence-electron chi connectivity index (χ2n) is 6.32. The Labute approximate surface area is 173 Å². The molecule has 0 spiro atoms. The zero-order chi connectivity index (χ0) is 23.9. The van der Waals surface area contributed by atoms with E-state index in [9.17, 15) is 22.8 Å². The second kappa shape index (κ2) is 10.5. The minimum absolute atomic E-state index is 0.0293. The minimum Gasteiger partial charge on any atom is -0.480 e. The Balaban J connectivity index is 0.000000592. The third-order valence-electron chi connectivity index (χ3n) is 3.98. The number of aliphatic carboxylic acids is 2. The van der Waals surface area contributed by atoms with Gasteiger partial charge in [-0.05, 0) is 5.56 Å². The number of halogens is 3. The summed E-state index contributed by atoms with van der Waals surface area (Å²) in [5.74, 6) is -4.60.